The highest BCUT2D eigenvalue weighted by atomic mass is 35.5. The average molecular weight is 744 g/mol. The molecule has 0 spiro atoms. The number of H-pyrrole nitrogens is 1. The first-order valence-corrected chi connectivity index (χ1v) is 17.4. The third kappa shape index (κ3) is 10.3. The van der Waals surface area contributed by atoms with Crippen molar-refractivity contribution >= 4 is 58.0 Å². The number of carbonyl (C=O) groups excluding carboxylic acids is 5. The summed E-state index contributed by atoms with van der Waals surface area (Å²) >= 11 is 5.99. The molecule has 15 nitrogen and oxygen atoms in total. The molecule has 1 aliphatic rings. The van der Waals surface area contributed by atoms with Gasteiger partial charge in [-0.15, -0.1) is 0 Å². The number of primary amides is 1. The Hall–Kier alpha value is -6.09. The summed E-state index contributed by atoms with van der Waals surface area (Å²) in [5, 5.41) is 18.9. The molecule has 1 saturated heterocycles. The summed E-state index contributed by atoms with van der Waals surface area (Å²) < 4.78 is 0. The number of phenolic OH excluding ortho intramolecular Hbond substituents is 1. The lowest BCUT2D eigenvalue weighted by atomic mass is 10.0. The first-order chi connectivity index (χ1) is 25.4. The van der Waals surface area contributed by atoms with Gasteiger partial charge in [0.15, 0.2) is 5.96 Å². The van der Waals surface area contributed by atoms with Crippen molar-refractivity contribution in [2.75, 3.05) is 13.1 Å². The van der Waals surface area contributed by atoms with Gasteiger partial charge in [0, 0.05) is 47.9 Å². The monoisotopic (exact) mass is 743 g/mol. The van der Waals surface area contributed by atoms with Crippen LogP contribution in [0, 0.1) is 0 Å². The Balaban J connectivity index is 1.26. The molecule has 5 amide bonds. The number of fused-ring (bicyclic) bond motifs is 1. The number of aliphatic imine (C=N–C) groups is 1. The van der Waals surface area contributed by atoms with Gasteiger partial charge in [-0.3, -0.25) is 24.0 Å². The molecule has 4 atom stereocenters. The number of nitrogens with one attached hydrogen (secondary N) is 4. The Morgan fingerprint density at radius 3 is 2.26 bits per heavy atom. The van der Waals surface area contributed by atoms with Gasteiger partial charge < -0.3 is 48.1 Å². The van der Waals surface area contributed by atoms with Crippen LogP contribution in [0.4, 0.5) is 0 Å². The molecule has 1 fully saturated rings. The predicted molar refractivity (Wildman–Crippen MR) is 199 cm³/mol. The lowest BCUT2D eigenvalue weighted by Gasteiger charge is -2.27. The second-order valence-corrected chi connectivity index (χ2v) is 13.3. The molecular weight excluding hydrogens is 702 g/mol. The van der Waals surface area contributed by atoms with Gasteiger partial charge in [0.25, 0.3) is 0 Å². The SMILES string of the molecule is NC(=O)[C@H](Cc1ccc(Cl)cc1)NC(=O)[C@H](Cc1c[nH]c2ccccc12)NC(=O)CNC(=O)[C@H]1CCCN1C(=O)[C@H](Cc1ccc(O)cc1)N=C(N)N. The van der Waals surface area contributed by atoms with Gasteiger partial charge in [-0.25, -0.2) is 4.99 Å². The van der Waals surface area contributed by atoms with Gasteiger partial charge in [0.1, 0.15) is 29.9 Å². The van der Waals surface area contributed by atoms with Crippen molar-refractivity contribution in [3.63, 3.8) is 0 Å². The summed E-state index contributed by atoms with van der Waals surface area (Å²) in [7, 11) is 0. The second-order valence-electron chi connectivity index (χ2n) is 12.8. The number of aromatic nitrogens is 1. The number of benzene rings is 3. The standard InChI is InChI=1S/C37H42ClN9O6/c38-24-11-7-21(8-12-24)16-28(33(39)50)45-34(51)29(18-23-19-42-27-5-2-1-4-26(23)27)44-32(49)20-43-35(52)31-6-3-15-47(31)36(53)30(46-37(40)41)17-22-9-13-25(48)14-10-22/h1-2,4-5,7-14,19,28-31,42,48H,3,6,15-18,20H2,(H2,39,50)(H,43,52)(H,44,49)(H,45,51)(H4,40,41,46)/t28-,29-,30-,31+/m0/s1. The largest absolute Gasteiger partial charge is 0.508 e. The maximum atomic E-state index is 13.7. The Morgan fingerprint density at radius 2 is 1.57 bits per heavy atom. The third-order valence-electron chi connectivity index (χ3n) is 8.98. The van der Waals surface area contributed by atoms with E-state index in [4.69, 9.17) is 28.8 Å². The first-order valence-electron chi connectivity index (χ1n) is 17.0. The van der Waals surface area contributed by atoms with Crippen LogP contribution in [0.3, 0.4) is 0 Å². The van der Waals surface area contributed by atoms with Gasteiger partial charge in [-0.2, -0.15) is 0 Å². The molecule has 4 aromatic rings. The van der Waals surface area contributed by atoms with Crippen LogP contribution in [0.1, 0.15) is 29.5 Å². The normalized spacial score (nSPS) is 15.6. The van der Waals surface area contributed by atoms with Gasteiger partial charge in [-0.05, 0) is 59.9 Å². The van der Waals surface area contributed by atoms with E-state index < -0.39 is 60.2 Å². The van der Waals surface area contributed by atoms with Crippen molar-refractivity contribution in [3.8, 4) is 5.75 Å². The van der Waals surface area contributed by atoms with E-state index in [0.717, 1.165) is 16.5 Å². The number of aromatic hydroxyl groups is 1. The van der Waals surface area contributed by atoms with Crippen LogP contribution in [0.2, 0.25) is 5.02 Å². The smallest absolute Gasteiger partial charge is 0.248 e. The number of para-hydroxylation sites is 1. The van der Waals surface area contributed by atoms with Crippen LogP contribution in [-0.2, 0) is 43.2 Å². The molecule has 0 aliphatic carbocycles. The number of guanidine groups is 1. The number of rotatable bonds is 15. The van der Waals surface area contributed by atoms with E-state index in [1.54, 1.807) is 42.6 Å². The van der Waals surface area contributed by atoms with Crippen molar-refractivity contribution in [1.82, 2.24) is 25.8 Å². The maximum Gasteiger partial charge on any atom is 0.248 e. The Labute approximate surface area is 310 Å². The number of phenols is 1. The average Bonchev–Trinajstić information content (AvgIpc) is 3.79. The summed E-state index contributed by atoms with van der Waals surface area (Å²) in [6.07, 6.45) is 2.90. The lowest BCUT2D eigenvalue weighted by Crippen LogP contribution is -2.56. The molecule has 11 N–H and O–H groups in total. The summed E-state index contributed by atoms with van der Waals surface area (Å²) in [6.45, 7) is -0.219. The fraction of sp³-hybridized carbons (Fsp3) is 0.297. The van der Waals surface area contributed by atoms with E-state index in [-0.39, 0.29) is 37.5 Å². The Morgan fingerprint density at radius 1 is 0.887 bits per heavy atom. The van der Waals surface area contributed by atoms with Gasteiger partial charge in [-0.1, -0.05) is 54.1 Å². The molecule has 0 bridgehead atoms. The summed E-state index contributed by atoms with van der Waals surface area (Å²) in [6, 6.07) is 16.3. The minimum Gasteiger partial charge on any atom is -0.508 e. The highest BCUT2D eigenvalue weighted by Gasteiger charge is 2.37. The number of hydrogen-bond acceptors (Lipinski definition) is 7. The van der Waals surface area contributed by atoms with E-state index in [0.29, 0.717) is 29.0 Å². The van der Waals surface area contributed by atoms with Crippen LogP contribution >= 0.6 is 11.6 Å². The van der Waals surface area contributed by atoms with Crippen LogP contribution in [0.5, 0.6) is 5.75 Å². The fourth-order valence-electron chi connectivity index (χ4n) is 6.33. The first kappa shape index (κ1) is 38.1. The van der Waals surface area contributed by atoms with Gasteiger partial charge in [0.2, 0.25) is 29.5 Å². The van der Waals surface area contributed by atoms with Crippen molar-refractivity contribution in [1.29, 1.82) is 0 Å². The molecule has 16 heteroatoms. The molecule has 3 aromatic carbocycles. The minimum atomic E-state index is -1.16. The molecule has 0 radical (unpaired) electrons. The molecule has 1 aromatic heterocycles. The molecule has 0 unspecified atom stereocenters. The van der Waals surface area contributed by atoms with Crippen molar-refractivity contribution in [3.05, 3.63) is 101 Å². The molecule has 0 saturated carbocycles. The van der Waals surface area contributed by atoms with Crippen LogP contribution in [0.25, 0.3) is 10.9 Å². The molecule has 278 valence electrons. The number of halogens is 1. The van der Waals surface area contributed by atoms with E-state index in [9.17, 15) is 29.1 Å². The van der Waals surface area contributed by atoms with E-state index >= 15 is 0 Å². The number of nitrogens with zero attached hydrogens (tertiary/aromatic N) is 2. The predicted octanol–water partition coefficient (Wildman–Crippen LogP) is 0.759. The molecular formula is C37H42ClN9O6. The quantitative estimate of drug-likeness (QED) is 0.0636. The third-order valence-corrected chi connectivity index (χ3v) is 9.23. The van der Waals surface area contributed by atoms with Gasteiger partial charge >= 0.3 is 0 Å². The number of aromatic amines is 1. The van der Waals surface area contributed by atoms with E-state index in [2.05, 4.69) is 25.9 Å². The number of carbonyl (C=O) groups is 5. The highest BCUT2D eigenvalue weighted by molar-refractivity contribution is 6.30. The summed E-state index contributed by atoms with van der Waals surface area (Å²) in [4.78, 5) is 75.1. The topological polar surface area (TPSA) is 251 Å². The van der Waals surface area contributed by atoms with Crippen molar-refractivity contribution in [2.24, 2.45) is 22.2 Å². The van der Waals surface area contributed by atoms with Crippen molar-refractivity contribution in [2.45, 2.75) is 56.3 Å². The number of amides is 5. The number of nitrogens with two attached hydrogens (primary N) is 3. The Bertz CT molecular complexity index is 1980. The fourth-order valence-corrected chi connectivity index (χ4v) is 6.46. The lowest BCUT2D eigenvalue weighted by molar-refractivity contribution is -0.139. The van der Waals surface area contributed by atoms with E-state index in [1.807, 2.05) is 24.3 Å². The summed E-state index contributed by atoms with van der Waals surface area (Å²) in [5.74, 6) is -3.35. The minimum absolute atomic E-state index is 0.0556. The van der Waals surface area contributed by atoms with Crippen LogP contribution in [-0.4, -0.2) is 87.7 Å². The van der Waals surface area contributed by atoms with Gasteiger partial charge in [0.05, 0.1) is 6.54 Å². The van der Waals surface area contributed by atoms with Crippen molar-refractivity contribution < 1.29 is 29.1 Å². The molecule has 53 heavy (non-hydrogen) atoms. The zero-order chi connectivity index (χ0) is 38.1. The number of likely N-dealkylation sites (tertiary alicyclic amines) is 1. The zero-order valence-electron chi connectivity index (χ0n) is 28.8. The van der Waals surface area contributed by atoms with Crippen LogP contribution < -0.4 is 33.2 Å². The Kier molecular flexibility index (Phi) is 12.5. The molecule has 2 heterocycles. The zero-order valence-corrected chi connectivity index (χ0v) is 29.5. The molecule has 1 aliphatic heterocycles. The maximum absolute atomic E-state index is 13.7. The molecule has 5 rings (SSSR count). The number of hydrogen-bond donors (Lipinski definition) is 8. The highest BCUT2D eigenvalue weighted by Crippen LogP contribution is 2.22. The second kappa shape index (κ2) is 17.4. The van der Waals surface area contributed by atoms with Crippen LogP contribution in [0.15, 0.2) is 84.0 Å². The summed E-state index contributed by atoms with van der Waals surface area (Å²) in [5.41, 5.74) is 19.9. The van der Waals surface area contributed by atoms with E-state index in [1.165, 1.54) is 17.0 Å².